The zero-order valence-corrected chi connectivity index (χ0v) is 9.83. The molecule has 1 N–H and O–H groups in total. The lowest BCUT2D eigenvalue weighted by atomic mass is 9.86. The molecule has 0 aliphatic carbocycles. The number of carbonyl (C=O) groups is 1. The van der Waals surface area contributed by atoms with Crippen molar-refractivity contribution in [3.05, 3.63) is 35.9 Å². The third-order valence-corrected chi connectivity index (χ3v) is 3.59. The molecular formula is C14H19NO. The van der Waals surface area contributed by atoms with Crippen molar-refractivity contribution in [3.8, 4) is 0 Å². The lowest BCUT2D eigenvalue weighted by molar-refractivity contribution is -0.124. The molecule has 0 saturated carbocycles. The van der Waals surface area contributed by atoms with E-state index in [-0.39, 0.29) is 5.54 Å². The summed E-state index contributed by atoms with van der Waals surface area (Å²) in [6.07, 6.45) is 3.57. The minimum atomic E-state index is -0.240. The smallest absolute Gasteiger partial charge is 0.157 e. The summed E-state index contributed by atoms with van der Waals surface area (Å²) in [6, 6.07) is 10.0. The number of ketones is 1. The van der Waals surface area contributed by atoms with Gasteiger partial charge in [0.1, 0.15) is 0 Å². The van der Waals surface area contributed by atoms with Crippen molar-refractivity contribution < 1.29 is 4.79 Å². The van der Waals surface area contributed by atoms with Gasteiger partial charge in [-0.25, -0.2) is 0 Å². The van der Waals surface area contributed by atoms with Crippen LogP contribution >= 0.6 is 0 Å². The molecule has 1 aromatic rings. The number of hydrogen-bond acceptors (Lipinski definition) is 2. The topological polar surface area (TPSA) is 29.1 Å². The van der Waals surface area contributed by atoms with Gasteiger partial charge in [-0.05, 0) is 31.4 Å². The molecule has 86 valence electrons. The Labute approximate surface area is 97.1 Å². The van der Waals surface area contributed by atoms with Crippen LogP contribution in [0.4, 0.5) is 0 Å². The fraction of sp³-hybridized carbons (Fsp3) is 0.500. The van der Waals surface area contributed by atoms with Gasteiger partial charge in [0.25, 0.3) is 0 Å². The summed E-state index contributed by atoms with van der Waals surface area (Å²) in [5.41, 5.74) is 0.879. The fourth-order valence-corrected chi connectivity index (χ4v) is 2.49. The van der Waals surface area contributed by atoms with Crippen LogP contribution in [0, 0.1) is 0 Å². The van der Waals surface area contributed by atoms with Gasteiger partial charge >= 0.3 is 0 Å². The molecule has 1 unspecified atom stereocenters. The van der Waals surface area contributed by atoms with Gasteiger partial charge in [-0.2, -0.15) is 0 Å². The van der Waals surface area contributed by atoms with Gasteiger partial charge < -0.3 is 5.32 Å². The predicted octanol–water partition coefficient (Wildman–Crippen LogP) is 2.33. The number of benzene rings is 1. The lowest BCUT2D eigenvalue weighted by Crippen LogP contribution is -2.47. The first-order valence-corrected chi connectivity index (χ1v) is 6.09. The molecule has 2 nitrogen and oxygen atoms in total. The second kappa shape index (κ2) is 4.79. The average molecular weight is 217 g/mol. The Hall–Kier alpha value is -1.15. The molecule has 0 aromatic heterocycles. The molecule has 2 heteroatoms. The lowest BCUT2D eigenvalue weighted by Gasteiger charge is -2.26. The predicted molar refractivity (Wildman–Crippen MR) is 65.4 cm³/mol. The highest BCUT2D eigenvalue weighted by atomic mass is 16.1. The third kappa shape index (κ3) is 2.17. The van der Waals surface area contributed by atoms with Gasteiger partial charge in [0.15, 0.2) is 5.78 Å². The molecule has 2 rings (SSSR count). The van der Waals surface area contributed by atoms with Crippen molar-refractivity contribution >= 4 is 5.78 Å². The minimum Gasteiger partial charge on any atom is -0.305 e. The van der Waals surface area contributed by atoms with Crippen LogP contribution in [-0.2, 0) is 11.2 Å². The highest BCUT2D eigenvalue weighted by Crippen LogP contribution is 2.25. The van der Waals surface area contributed by atoms with Crippen molar-refractivity contribution in [2.24, 2.45) is 0 Å². The minimum absolute atomic E-state index is 0.240. The molecule has 0 bridgehead atoms. The Bertz CT molecular complexity index is 352. The van der Waals surface area contributed by atoms with Gasteiger partial charge in [0.2, 0.25) is 0 Å². The molecule has 1 aliphatic rings. The normalized spacial score (nSPS) is 24.6. The Kier molecular flexibility index (Phi) is 3.39. The Morgan fingerprint density at radius 2 is 2.12 bits per heavy atom. The summed E-state index contributed by atoms with van der Waals surface area (Å²) in [6.45, 7) is 3.08. The van der Waals surface area contributed by atoms with Crippen molar-refractivity contribution in [2.45, 2.75) is 38.1 Å². The van der Waals surface area contributed by atoms with Crippen LogP contribution in [0.1, 0.15) is 31.7 Å². The molecule has 0 radical (unpaired) electrons. The van der Waals surface area contributed by atoms with E-state index in [9.17, 15) is 4.79 Å². The van der Waals surface area contributed by atoms with E-state index in [1.165, 1.54) is 0 Å². The van der Waals surface area contributed by atoms with Crippen LogP contribution in [0.25, 0.3) is 0 Å². The summed E-state index contributed by atoms with van der Waals surface area (Å²) in [5, 5.41) is 3.39. The summed E-state index contributed by atoms with van der Waals surface area (Å²) in [5.74, 6) is 0.346. The molecule has 1 aliphatic heterocycles. The van der Waals surface area contributed by atoms with E-state index < -0.39 is 0 Å². The molecular weight excluding hydrogens is 198 g/mol. The highest BCUT2D eigenvalue weighted by Gasteiger charge is 2.38. The van der Waals surface area contributed by atoms with E-state index in [0.717, 1.165) is 31.4 Å². The van der Waals surface area contributed by atoms with Crippen molar-refractivity contribution in [1.29, 1.82) is 0 Å². The molecule has 1 atom stereocenters. The molecule has 0 spiro atoms. The third-order valence-electron chi connectivity index (χ3n) is 3.59. The zero-order chi connectivity index (χ0) is 11.4. The van der Waals surface area contributed by atoms with Gasteiger partial charge in [-0.15, -0.1) is 0 Å². The van der Waals surface area contributed by atoms with Gasteiger partial charge in [-0.3, -0.25) is 4.79 Å². The molecule has 0 amide bonds. The number of rotatable bonds is 4. The maximum atomic E-state index is 12.3. The number of nitrogens with one attached hydrogen (secondary N) is 1. The monoisotopic (exact) mass is 217 g/mol. The first-order chi connectivity index (χ1) is 7.77. The summed E-state index contributed by atoms with van der Waals surface area (Å²) in [4.78, 5) is 12.3. The second-order valence-corrected chi connectivity index (χ2v) is 4.55. The first kappa shape index (κ1) is 11.3. The van der Waals surface area contributed by atoms with E-state index in [0.29, 0.717) is 12.2 Å². The highest BCUT2D eigenvalue weighted by molar-refractivity contribution is 5.90. The summed E-state index contributed by atoms with van der Waals surface area (Å²) >= 11 is 0. The van der Waals surface area contributed by atoms with Crippen LogP contribution in [0.3, 0.4) is 0 Å². The van der Waals surface area contributed by atoms with E-state index in [4.69, 9.17) is 0 Å². The largest absolute Gasteiger partial charge is 0.305 e. The van der Waals surface area contributed by atoms with Crippen molar-refractivity contribution in [3.63, 3.8) is 0 Å². The Balaban J connectivity index is 2.07. The average Bonchev–Trinajstić information content (AvgIpc) is 2.80. The second-order valence-electron chi connectivity index (χ2n) is 4.55. The maximum absolute atomic E-state index is 12.3. The number of hydrogen-bond donors (Lipinski definition) is 1. The number of Topliss-reactive ketones (excluding diaryl/α,β-unsaturated/α-hetero) is 1. The molecule has 1 aromatic carbocycles. The SMILES string of the molecule is CCC1(C(=O)Cc2ccccc2)CCCN1. The molecule has 16 heavy (non-hydrogen) atoms. The van der Waals surface area contributed by atoms with E-state index in [1.54, 1.807) is 0 Å². The number of carbonyl (C=O) groups excluding carboxylic acids is 1. The molecule has 1 saturated heterocycles. The Morgan fingerprint density at radius 1 is 1.38 bits per heavy atom. The van der Waals surface area contributed by atoms with Gasteiger partial charge in [0, 0.05) is 6.42 Å². The molecule has 1 fully saturated rings. The van der Waals surface area contributed by atoms with E-state index >= 15 is 0 Å². The maximum Gasteiger partial charge on any atom is 0.157 e. The fourth-order valence-electron chi connectivity index (χ4n) is 2.49. The zero-order valence-electron chi connectivity index (χ0n) is 9.83. The summed E-state index contributed by atoms with van der Waals surface area (Å²) < 4.78 is 0. The van der Waals surface area contributed by atoms with Crippen LogP contribution in [0.15, 0.2) is 30.3 Å². The van der Waals surface area contributed by atoms with E-state index in [2.05, 4.69) is 12.2 Å². The Morgan fingerprint density at radius 3 is 2.69 bits per heavy atom. The van der Waals surface area contributed by atoms with Crippen LogP contribution < -0.4 is 5.32 Å². The summed E-state index contributed by atoms with van der Waals surface area (Å²) in [7, 11) is 0. The first-order valence-electron chi connectivity index (χ1n) is 6.09. The van der Waals surface area contributed by atoms with Crippen LogP contribution in [0.5, 0.6) is 0 Å². The van der Waals surface area contributed by atoms with Crippen LogP contribution in [0.2, 0.25) is 0 Å². The quantitative estimate of drug-likeness (QED) is 0.838. The van der Waals surface area contributed by atoms with Crippen molar-refractivity contribution in [2.75, 3.05) is 6.54 Å². The molecule has 1 heterocycles. The van der Waals surface area contributed by atoms with E-state index in [1.807, 2.05) is 30.3 Å². The standard InChI is InChI=1S/C14H19NO/c1-2-14(9-6-10-15-14)13(16)11-12-7-4-3-5-8-12/h3-5,7-8,15H,2,6,9-11H2,1H3. The van der Waals surface area contributed by atoms with Gasteiger partial charge in [-0.1, -0.05) is 37.3 Å². The van der Waals surface area contributed by atoms with Gasteiger partial charge in [0.05, 0.1) is 5.54 Å². The van der Waals surface area contributed by atoms with Crippen molar-refractivity contribution in [1.82, 2.24) is 5.32 Å². The van der Waals surface area contributed by atoms with Crippen LogP contribution in [-0.4, -0.2) is 17.9 Å².